The molecule has 1 aromatic carbocycles. The predicted molar refractivity (Wildman–Crippen MR) is 77.6 cm³/mol. The van der Waals surface area contributed by atoms with Gasteiger partial charge in [0, 0.05) is 12.5 Å². The van der Waals surface area contributed by atoms with Crippen LogP contribution in [0.2, 0.25) is 0 Å². The fourth-order valence-electron chi connectivity index (χ4n) is 1.68. The molecule has 0 aliphatic rings. The fourth-order valence-corrected chi connectivity index (χ4v) is 1.68. The first-order chi connectivity index (χ1) is 9.54. The van der Waals surface area contributed by atoms with Gasteiger partial charge in [0.2, 0.25) is 11.8 Å². The average molecular weight is 278 g/mol. The number of rotatable bonds is 7. The first-order valence-corrected chi connectivity index (χ1v) is 6.71. The topological polar surface area (TPSA) is 67.4 Å². The zero-order chi connectivity index (χ0) is 15.0. The largest absolute Gasteiger partial charge is 0.496 e. The van der Waals surface area contributed by atoms with Crippen LogP contribution in [0, 0.1) is 5.92 Å². The first-order valence-electron chi connectivity index (χ1n) is 6.71. The van der Waals surface area contributed by atoms with Gasteiger partial charge in [-0.3, -0.25) is 9.59 Å². The van der Waals surface area contributed by atoms with Crippen molar-refractivity contribution in [3.05, 3.63) is 29.8 Å². The van der Waals surface area contributed by atoms with Crippen LogP contribution in [0.25, 0.3) is 0 Å². The molecule has 110 valence electrons. The van der Waals surface area contributed by atoms with E-state index in [1.54, 1.807) is 21.0 Å². The molecule has 0 radical (unpaired) electrons. The van der Waals surface area contributed by atoms with Gasteiger partial charge in [-0.05, 0) is 18.1 Å². The molecule has 0 atom stereocenters. The number of carbonyl (C=O) groups is 2. The minimum Gasteiger partial charge on any atom is -0.496 e. The van der Waals surface area contributed by atoms with Crippen molar-refractivity contribution in [1.82, 2.24) is 10.6 Å². The highest BCUT2D eigenvalue weighted by Gasteiger charge is 2.08. The normalized spacial score (nSPS) is 10.2. The second kappa shape index (κ2) is 8.19. The smallest absolute Gasteiger partial charge is 0.239 e. The second-order valence-corrected chi connectivity index (χ2v) is 4.78. The highest BCUT2D eigenvalue weighted by molar-refractivity contribution is 5.85. The Morgan fingerprint density at radius 2 is 1.90 bits per heavy atom. The number of hydrogen-bond acceptors (Lipinski definition) is 3. The minimum absolute atomic E-state index is 0.0168. The van der Waals surface area contributed by atoms with Gasteiger partial charge >= 0.3 is 0 Å². The Bertz CT molecular complexity index is 458. The minimum atomic E-state index is -0.186. The Hall–Kier alpha value is -2.04. The van der Waals surface area contributed by atoms with Crippen LogP contribution >= 0.6 is 0 Å². The van der Waals surface area contributed by atoms with Crippen molar-refractivity contribution in [3.63, 3.8) is 0 Å². The third-order valence-electron chi connectivity index (χ3n) is 2.86. The quantitative estimate of drug-likeness (QED) is 0.785. The summed E-state index contributed by atoms with van der Waals surface area (Å²) in [6.45, 7) is 4.10. The number of ether oxygens (including phenoxy) is 1. The molecule has 0 saturated carbocycles. The maximum atomic E-state index is 11.6. The molecule has 1 rings (SSSR count). The summed E-state index contributed by atoms with van der Waals surface area (Å²) in [5.41, 5.74) is 1.04. The van der Waals surface area contributed by atoms with Crippen LogP contribution in [-0.4, -0.2) is 32.0 Å². The van der Waals surface area contributed by atoms with E-state index >= 15 is 0 Å². The summed E-state index contributed by atoms with van der Waals surface area (Å²) in [6.07, 6.45) is 0.688. The number of amides is 2. The molecule has 0 fully saturated rings. The molecule has 5 nitrogen and oxygen atoms in total. The number of benzene rings is 1. The summed E-state index contributed by atoms with van der Waals surface area (Å²) in [4.78, 5) is 22.9. The standard InChI is InChI=1S/C15H22N2O3/c1-11(2)15(19)17-10-14(18)16-9-8-12-6-4-5-7-13(12)20-3/h4-7,11H,8-10H2,1-3H3,(H,16,18)(H,17,19). The third kappa shape index (κ3) is 5.30. The Morgan fingerprint density at radius 3 is 2.55 bits per heavy atom. The molecule has 0 bridgehead atoms. The SMILES string of the molecule is COc1ccccc1CCNC(=O)CNC(=O)C(C)C. The molecule has 0 aliphatic heterocycles. The van der Waals surface area contributed by atoms with E-state index in [-0.39, 0.29) is 24.3 Å². The Morgan fingerprint density at radius 1 is 1.20 bits per heavy atom. The van der Waals surface area contributed by atoms with Crippen molar-refractivity contribution in [1.29, 1.82) is 0 Å². The lowest BCUT2D eigenvalue weighted by atomic mass is 10.1. The molecule has 5 heteroatoms. The number of carbonyl (C=O) groups excluding carboxylic acids is 2. The van der Waals surface area contributed by atoms with Crippen LogP contribution in [0.3, 0.4) is 0 Å². The van der Waals surface area contributed by atoms with Crippen molar-refractivity contribution in [2.24, 2.45) is 5.92 Å². The van der Waals surface area contributed by atoms with Crippen LogP contribution < -0.4 is 15.4 Å². The first kappa shape index (κ1) is 16.0. The van der Waals surface area contributed by atoms with Crippen molar-refractivity contribution in [2.45, 2.75) is 20.3 Å². The Balaban J connectivity index is 2.30. The van der Waals surface area contributed by atoms with E-state index in [0.717, 1.165) is 11.3 Å². The molecular formula is C15H22N2O3. The maximum absolute atomic E-state index is 11.6. The van der Waals surface area contributed by atoms with Gasteiger partial charge in [-0.1, -0.05) is 32.0 Å². The van der Waals surface area contributed by atoms with Crippen molar-refractivity contribution < 1.29 is 14.3 Å². The predicted octanol–water partition coefficient (Wildman–Crippen LogP) is 1.13. The summed E-state index contributed by atoms with van der Waals surface area (Å²) in [5, 5.41) is 5.34. The second-order valence-electron chi connectivity index (χ2n) is 4.78. The van der Waals surface area contributed by atoms with Gasteiger partial charge in [0.25, 0.3) is 0 Å². The van der Waals surface area contributed by atoms with E-state index in [1.165, 1.54) is 0 Å². The maximum Gasteiger partial charge on any atom is 0.239 e. The zero-order valence-corrected chi connectivity index (χ0v) is 12.2. The molecule has 0 aliphatic carbocycles. The van der Waals surface area contributed by atoms with Crippen molar-refractivity contribution >= 4 is 11.8 Å². The van der Waals surface area contributed by atoms with E-state index in [1.807, 2.05) is 24.3 Å². The van der Waals surface area contributed by atoms with Gasteiger partial charge in [-0.25, -0.2) is 0 Å². The average Bonchev–Trinajstić information content (AvgIpc) is 2.45. The Labute approximate surface area is 119 Å². The summed E-state index contributed by atoms with van der Waals surface area (Å²) in [5.74, 6) is 0.394. The lowest BCUT2D eigenvalue weighted by Crippen LogP contribution is -2.39. The van der Waals surface area contributed by atoms with Gasteiger partial charge < -0.3 is 15.4 Å². The fraction of sp³-hybridized carbons (Fsp3) is 0.467. The lowest BCUT2D eigenvalue weighted by Gasteiger charge is -2.10. The molecule has 0 saturated heterocycles. The molecular weight excluding hydrogens is 256 g/mol. The van der Waals surface area contributed by atoms with Crippen LogP contribution in [0.5, 0.6) is 5.75 Å². The zero-order valence-electron chi connectivity index (χ0n) is 12.2. The molecule has 0 spiro atoms. The number of methoxy groups -OCH3 is 1. The summed E-state index contributed by atoms with van der Waals surface area (Å²) >= 11 is 0. The van der Waals surface area contributed by atoms with Crippen LogP contribution in [0.4, 0.5) is 0 Å². The number of para-hydroxylation sites is 1. The lowest BCUT2D eigenvalue weighted by molar-refractivity contribution is -0.127. The van der Waals surface area contributed by atoms with Crippen LogP contribution in [0.1, 0.15) is 19.4 Å². The van der Waals surface area contributed by atoms with E-state index in [2.05, 4.69) is 10.6 Å². The molecule has 2 amide bonds. The number of hydrogen-bond donors (Lipinski definition) is 2. The van der Waals surface area contributed by atoms with E-state index in [4.69, 9.17) is 4.74 Å². The van der Waals surface area contributed by atoms with Gasteiger partial charge in [0.05, 0.1) is 13.7 Å². The van der Waals surface area contributed by atoms with Gasteiger partial charge in [0.1, 0.15) is 5.75 Å². The van der Waals surface area contributed by atoms with Crippen LogP contribution in [-0.2, 0) is 16.0 Å². The highest BCUT2D eigenvalue weighted by Crippen LogP contribution is 2.17. The molecule has 20 heavy (non-hydrogen) atoms. The van der Waals surface area contributed by atoms with Crippen molar-refractivity contribution in [2.75, 3.05) is 20.2 Å². The van der Waals surface area contributed by atoms with Crippen LogP contribution in [0.15, 0.2) is 24.3 Å². The van der Waals surface area contributed by atoms with E-state index in [0.29, 0.717) is 13.0 Å². The third-order valence-corrected chi connectivity index (χ3v) is 2.86. The van der Waals surface area contributed by atoms with E-state index in [9.17, 15) is 9.59 Å². The molecule has 0 unspecified atom stereocenters. The van der Waals surface area contributed by atoms with Gasteiger partial charge in [-0.2, -0.15) is 0 Å². The Kier molecular flexibility index (Phi) is 6.56. The summed E-state index contributed by atoms with van der Waals surface area (Å²) in [6, 6.07) is 7.69. The highest BCUT2D eigenvalue weighted by atomic mass is 16.5. The molecule has 0 aromatic heterocycles. The van der Waals surface area contributed by atoms with Crippen molar-refractivity contribution in [3.8, 4) is 5.75 Å². The summed E-state index contributed by atoms with van der Waals surface area (Å²) < 4.78 is 5.24. The van der Waals surface area contributed by atoms with Gasteiger partial charge in [-0.15, -0.1) is 0 Å². The van der Waals surface area contributed by atoms with E-state index < -0.39 is 0 Å². The van der Waals surface area contributed by atoms with Gasteiger partial charge in [0.15, 0.2) is 0 Å². The molecule has 2 N–H and O–H groups in total. The summed E-state index contributed by atoms with van der Waals surface area (Å²) in [7, 11) is 1.62. The molecule has 1 aromatic rings. The number of nitrogens with one attached hydrogen (secondary N) is 2. The molecule has 0 heterocycles. The monoisotopic (exact) mass is 278 g/mol.